The minimum absolute atomic E-state index is 0.467. The van der Waals surface area contributed by atoms with Crippen molar-refractivity contribution in [1.82, 2.24) is 20.2 Å². The molecule has 100 valence electrons. The fourth-order valence-electron chi connectivity index (χ4n) is 1.94. The fraction of sp³-hybridized carbons (Fsp3) is 0.0714. The molecular formula is C14H10Cl2N4. The molecule has 0 radical (unpaired) electrons. The lowest BCUT2D eigenvalue weighted by atomic mass is 10.1. The monoisotopic (exact) mass is 304 g/mol. The van der Waals surface area contributed by atoms with Crippen LogP contribution >= 0.6 is 23.2 Å². The first-order chi connectivity index (χ1) is 9.65. The Kier molecular flexibility index (Phi) is 3.42. The van der Waals surface area contributed by atoms with E-state index < -0.39 is 0 Å². The summed E-state index contributed by atoms with van der Waals surface area (Å²) in [7, 11) is 0. The highest BCUT2D eigenvalue weighted by Crippen LogP contribution is 2.26. The van der Waals surface area contributed by atoms with Crippen LogP contribution in [0.25, 0.3) is 17.1 Å². The molecule has 0 aliphatic heterocycles. The van der Waals surface area contributed by atoms with Crippen molar-refractivity contribution in [3.63, 3.8) is 0 Å². The first-order valence-electron chi connectivity index (χ1n) is 5.96. The largest absolute Gasteiger partial charge is 0.193 e. The van der Waals surface area contributed by atoms with Gasteiger partial charge in [-0.2, -0.15) is 4.68 Å². The van der Waals surface area contributed by atoms with Crippen LogP contribution < -0.4 is 0 Å². The molecule has 0 N–H and O–H groups in total. The molecule has 0 saturated heterocycles. The first kappa shape index (κ1) is 13.1. The van der Waals surface area contributed by atoms with E-state index in [2.05, 4.69) is 15.5 Å². The second-order valence-corrected chi connectivity index (χ2v) is 5.20. The van der Waals surface area contributed by atoms with Gasteiger partial charge in [-0.05, 0) is 41.6 Å². The van der Waals surface area contributed by atoms with E-state index in [1.165, 1.54) is 0 Å². The molecule has 20 heavy (non-hydrogen) atoms. The number of tetrazole rings is 1. The van der Waals surface area contributed by atoms with Crippen molar-refractivity contribution in [1.29, 1.82) is 0 Å². The number of hydrogen-bond acceptors (Lipinski definition) is 3. The van der Waals surface area contributed by atoms with Gasteiger partial charge in [-0.3, -0.25) is 0 Å². The Bertz CT molecular complexity index is 767. The average Bonchev–Trinajstić information content (AvgIpc) is 2.91. The lowest BCUT2D eigenvalue weighted by Gasteiger charge is -2.06. The highest BCUT2D eigenvalue weighted by Gasteiger charge is 2.11. The van der Waals surface area contributed by atoms with Crippen LogP contribution in [0.15, 0.2) is 42.5 Å². The summed E-state index contributed by atoms with van der Waals surface area (Å²) in [6.45, 7) is 2.02. The predicted octanol–water partition coefficient (Wildman–Crippen LogP) is 3.94. The molecule has 3 rings (SSSR count). The number of rotatable bonds is 2. The van der Waals surface area contributed by atoms with Gasteiger partial charge in [0.2, 0.25) is 0 Å². The van der Waals surface area contributed by atoms with Crippen LogP contribution in [0.3, 0.4) is 0 Å². The van der Waals surface area contributed by atoms with Gasteiger partial charge in [0.1, 0.15) is 0 Å². The quantitative estimate of drug-likeness (QED) is 0.720. The van der Waals surface area contributed by atoms with Crippen LogP contribution in [0.4, 0.5) is 0 Å². The third-order valence-corrected chi connectivity index (χ3v) is 3.63. The van der Waals surface area contributed by atoms with E-state index in [0.29, 0.717) is 15.9 Å². The third kappa shape index (κ3) is 2.40. The number of halogens is 2. The maximum Gasteiger partial charge on any atom is 0.187 e. The molecule has 0 atom stereocenters. The van der Waals surface area contributed by atoms with Gasteiger partial charge in [0, 0.05) is 5.56 Å². The van der Waals surface area contributed by atoms with Crippen LogP contribution in [0.2, 0.25) is 10.0 Å². The SMILES string of the molecule is Cc1cccc(-c2nnnn2-c2ccc(Cl)c(Cl)c2)c1. The molecule has 0 aliphatic rings. The van der Waals surface area contributed by atoms with Crippen molar-refractivity contribution in [3.8, 4) is 17.1 Å². The molecular weight excluding hydrogens is 295 g/mol. The Labute approximate surface area is 126 Å². The van der Waals surface area contributed by atoms with E-state index in [1.54, 1.807) is 16.8 Å². The lowest BCUT2D eigenvalue weighted by molar-refractivity contribution is 0.791. The molecule has 0 aliphatic carbocycles. The van der Waals surface area contributed by atoms with Crippen molar-refractivity contribution in [2.45, 2.75) is 6.92 Å². The highest BCUT2D eigenvalue weighted by molar-refractivity contribution is 6.42. The number of benzene rings is 2. The van der Waals surface area contributed by atoms with Gasteiger partial charge in [-0.25, -0.2) is 0 Å². The zero-order valence-corrected chi connectivity index (χ0v) is 12.1. The van der Waals surface area contributed by atoms with E-state index >= 15 is 0 Å². The molecule has 3 aromatic rings. The molecule has 2 aromatic carbocycles. The number of hydrogen-bond donors (Lipinski definition) is 0. The van der Waals surface area contributed by atoms with Crippen LogP contribution in [-0.2, 0) is 0 Å². The predicted molar refractivity (Wildman–Crippen MR) is 79.3 cm³/mol. The van der Waals surface area contributed by atoms with Crippen molar-refractivity contribution in [2.75, 3.05) is 0 Å². The average molecular weight is 305 g/mol. The van der Waals surface area contributed by atoms with Gasteiger partial charge in [-0.1, -0.05) is 47.0 Å². The molecule has 0 spiro atoms. The smallest absolute Gasteiger partial charge is 0.187 e. The number of nitrogens with zero attached hydrogens (tertiary/aromatic N) is 4. The summed E-state index contributed by atoms with van der Waals surface area (Å²) in [5.74, 6) is 0.659. The van der Waals surface area contributed by atoms with Crippen LogP contribution in [0.1, 0.15) is 5.56 Å². The molecule has 0 bridgehead atoms. The number of aromatic nitrogens is 4. The Hall–Kier alpha value is -1.91. The van der Waals surface area contributed by atoms with Crippen LogP contribution in [-0.4, -0.2) is 20.2 Å². The van der Waals surface area contributed by atoms with E-state index in [1.807, 2.05) is 37.3 Å². The number of aryl methyl sites for hydroxylation is 1. The maximum atomic E-state index is 6.04. The van der Waals surface area contributed by atoms with Gasteiger partial charge in [0.05, 0.1) is 15.7 Å². The second-order valence-electron chi connectivity index (χ2n) is 4.38. The molecule has 0 amide bonds. The van der Waals surface area contributed by atoms with Crippen molar-refractivity contribution < 1.29 is 0 Å². The zero-order chi connectivity index (χ0) is 14.1. The van der Waals surface area contributed by atoms with Gasteiger partial charge in [-0.15, -0.1) is 5.10 Å². The fourth-order valence-corrected chi connectivity index (χ4v) is 2.23. The van der Waals surface area contributed by atoms with Gasteiger partial charge >= 0.3 is 0 Å². The summed E-state index contributed by atoms with van der Waals surface area (Å²) in [6.07, 6.45) is 0. The van der Waals surface area contributed by atoms with Gasteiger partial charge in [0.25, 0.3) is 0 Å². The maximum absolute atomic E-state index is 6.04. The zero-order valence-electron chi connectivity index (χ0n) is 10.6. The molecule has 6 heteroatoms. The normalized spacial score (nSPS) is 10.8. The molecule has 1 heterocycles. The van der Waals surface area contributed by atoms with Gasteiger partial charge < -0.3 is 0 Å². The van der Waals surface area contributed by atoms with Crippen molar-refractivity contribution in [2.24, 2.45) is 0 Å². The Morgan fingerprint density at radius 1 is 1.00 bits per heavy atom. The summed E-state index contributed by atoms with van der Waals surface area (Å²) in [4.78, 5) is 0. The summed E-state index contributed by atoms with van der Waals surface area (Å²) in [5, 5.41) is 12.8. The Balaban J connectivity index is 2.12. The minimum atomic E-state index is 0.467. The standard InChI is InChI=1S/C14H10Cl2N4/c1-9-3-2-4-10(7-9)14-17-18-19-20(14)11-5-6-12(15)13(16)8-11/h2-8H,1H3. The molecule has 0 unspecified atom stereocenters. The minimum Gasteiger partial charge on any atom is -0.193 e. The van der Waals surface area contributed by atoms with Crippen molar-refractivity contribution in [3.05, 3.63) is 58.1 Å². The van der Waals surface area contributed by atoms with Crippen LogP contribution in [0.5, 0.6) is 0 Å². The Morgan fingerprint density at radius 2 is 1.85 bits per heavy atom. The summed E-state index contributed by atoms with van der Waals surface area (Å²) in [6, 6.07) is 13.3. The van der Waals surface area contributed by atoms with Gasteiger partial charge in [0.15, 0.2) is 5.82 Å². The third-order valence-electron chi connectivity index (χ3n) is 2.89. The first-order valence-corrected chi connectivity index (χ1v) is 6.71. The van der Waals surface area contributed by atoms with Crippen molar-refractivity contribution >= 4 is 23.2 Å². The Morgan fingerprint density at radius 3 is 2.60 bits per heavy atom. The van der Waals surface area contributed by atoms with E-state index in [4.69, 9.17) is 23.2 Å². The van der Waals surface area contributed by atoms with E-state index in [-0.39, 0.29) is 0 Å². The summed E-state index contributed by atoms with van der Waals surface area (Å²) >= 11 is 12.0. The molecule has 1 aromatic heterocycles. The summed E-state index contributed by atoms with van der Waals surface area (Å²) < 4.78 is 1.64. The van der Waals surface area contributed by atoms with E-state index in [9.17, 15) is 0 Å². The highest BCUT2D eigenvalue weighted by atomic mass is 35.5. The topological polar surface area (TPSA) is 43.6 Å². The van der Waals surface area contributed by atoms with E-state index in [0.717, 1.165) is 16.8 Å². The van der Waals surface area contributed by atoms with Crippen LogP contribution in [0, 0.1) is 6.92 Å². The molecule has 0 fully saturated rings. The lowest BCUT2D eigenvalue weighted by Crippen LogP contribution is -2.00. The second kappa shape index (κ2) is 5.23. The molecule has 4 nitrogen and oxygen atoms in total. The molecule has 0 saturated carbocycles. The summed E-state index contributed by atoms with van der Waals surface area (Å²) in [5.41, 5.74) is 2.85.